The number of carbonyl (C=O) groups excluding carboxylic acids is 1. The molecule has 0 saturated heterocycles. The monoisotopic (exact) mass is 233 g/mol. The molecule has 1 aliphatic carbocycles. The normalized spacial score (nSPS) is 30.8. The van der Waals surface area contributed by atoms with Crippen molar-refractivity contribution in [2.24, 2.45) is 23.7 Å². The van der Waals surface area contributed by atoms with Gasteiger partial charge in [0.05, 0.1) is 11.1 Å². The second-order valence-electron chi connectivity index (χ2n) is 4.90. The largest absolute Gasteiger partial charge is 1.00 e. The molecule has 1 saturated carbocycles. The molecule has 0 bridgehead atoms. The Balaban J connectivity index is 0.00000196. The maximum Gasteiger partial charge on any atom is 0.433 e. The Morgan fingerprint density at radius 2 is 1.93 bits per heavy atom. The molecule has 4 heteroatoms. The van der Waals surface area contributed by atoms with Crippen LogP contribution < -0.4 is 17.6 Å². The lowest BCUT2D eigenvalue weighted by molar-refractivity contribution is -0.405. The molecule has 88 valence electrons. The molecule has 0 aliphatic heterocycles. The molecule has 1 aliphatic rings. The van der Waals surface area contributed by atoms with Gasteiger partial charge < -0.3 is 12.4 Å². The van der Waals surface area contributed by atoms with Crippen LogP contribution in [0.1, 0.15) is 40.0 Å². The lowest BCUT2D eigenvalue weighted by Crippen LogP contribution is -3.00. The average Bonchev–Trinajstić information content (AvgIpc) is 2.16. The standard InChI is InChI=1S/C11H19NO2.ClH/c1-7(2)9-5-4-8(3)6-10(9)11(13)12-14;/h7-10H,4-6H2,1-3H3;1H. The first-order valence-corrected chi connectivity index (χ1v) is 5.48. The quantitative estimate of drug-likeness (QED) is 0.604. The minimum atomic E-state index is -0.310. The number of nitroso groups, excluding NO2 is 1. The summed E-state index contributed by atoms with van der Waals surface area (Å²) in [6.07, 6.45) is 3.14. The van der Waals surface area contributed by atoms with Gasteiger partial charge in [0.1, 0.15) is 0 Å². The summed E-state index contributed by atoms with van der Waals surface area (Å²) in [4.78, 5) is 21.8. The zero-order valence-corrected chi connectivity index (χ0v) is 10.4. The molecule has 0 aromatic carbocycles. The van der Waals surface area contributed by atoms with E-state index in [1.807, 2.05) is 0 Å². The van der Waals surface area contributed by atoms with Gasteiger partial charge in [-0.1, -0.05) is 27.2 Å². The van der Waals surface area contributed by atoms with Crippen LogP contribution in [0.5, 0.6) is 0 Å². The summed E-state index contributed by atoms with van der Waals surface area (Å²) in [6.45, 7) is 6.42. The van der Waals surface area contributed by atoms with E-state index in [1.54, 1.807) is 5.18 Å². The molecular weight excluding hydrogens is 214 g/mol. The van der Waals surface area contributed by atoms with Crippen molar-refractivity contribution in [3.05, 3.63) is 4.91 Å². The van der Waals surface area contributed by atoms with Gasteiger partial charge in [-0.3, -0.25) is 0 Å². The summed E-state index contributed by atoms with van der Waals surface area (Å²) in [5, 5.41) is 1.55. The van der Waals surface area contributed by atoms with Crippen molar-refractivity contribution < 1.29 is 22.4 Å². The minimum absolute atomic E-state index is 0. The van der Waals surface area contributed by atoms with E-state index in [2.05, 4.69) is 20.8 Å². The van der Waals surface area contributed by atoms with E-state index in [1.165, 1.54) is 6.42 Å². The van der Waals surface area contributed by atoms with E-state index in [9.17, 15) is 9.70 Å². The van der Waals surface area contributed by atoms with Crippen LogP contribution in [-0.4, -0.2) is 5.91 Å². The van der Waals surface area contributed by atoms with Crippen LogP contribution in [0.15, 0.2) is 0 Å². The number of nitrogens with one attached hydrogen (secondary N) is 1. The van der Waals surface area contributed by atoms with Gasteiger partial charge in [0.15, 0.2) is 0 Å². The van der Waals surface area contributed by atoms with Crippen LogP contribution in [-0.2, 0) is 4.79 Å². The highest BCUT2D eigenvalue weighted by atomic mass is 35.5. The SMILES string of the molecule is CC1CCC(C(C)C)C(C(=O)[NH+]=O)C1.[Cl-]. The van der Waals surface area contributed by atoms with Gasteiger partial charge in [-0.05, 0) is 30.6 Å². The van der Waals surface area contributed by atoms with Crippen LogP contribution in [0, 0.1) is 28.6 Å². The highest BCUT2D eigenvalue weighted by Gasteiger charge is 2.39. The van der Waals surface area contributed by atoms with Crippen molar-refractivity contribution in [2.75, 3.05) is 0 Å². The average molecular weight is 234 g/mol. The topological polar surface area (TPSA) is 48.1 Å². The Morgan fingerprint density at radius 3 is 2.40 bits per heavy atom. The highest BCUT2D eigenvalue weighted by molar-refractivity contribution is 5.68. The Morgan fingerprint density at radius 1 is 1.33 bits per heavy atom. The number of rotatable bonds is 2. The maximum absolute atomic E-state index is 11.4. The molecule has 0 aromatic rings. The number of hydrogen-bond acceptors (Lipinski definition) is 2. The molecule has 1 fully saturated rings. The van der Waals surface area contributed by atoms with Crippen molar-refractivity contribution in [3.63, 3.8) is 0 Å². The second-order valence-corrected chi connectivity index (χ2v) is 4.90. The molecule has 0 spiro atoms. The van der Waals surface area contributed by atoms with Gasteiger partial charge in [-0.15, -0.1) is 0 Å². The summed E-state index contributed by atoms with van der Waals surface area (Å²) >= 11 is 0. The molecule has 3 unspecified atom stereocenters. The first-order valence-electron chi connectivity index (χ1n) is 5.48. The van der Waals surface area contributed by atoms with Gasteiger partial charge in [0.2, 0.25) is 0 Å². The smallest absolute Gasteiger partial charge is 0.433 e. The van der Waals surface area contributed by atoms with E-state index in [0.717, 1.165) is 12.8 Å². The highest BCUT2D eigenvalue weighted by Crippen LogP contribution is 2.37. The fourth-order valence-corrected chi connectivity index (χ4v) is 2.58. The molecule has 3 nitrogen and oxygen atoms in total. The van der Waals surface area contributed by atoms with Gasteiger partial charge in [-0.2, -0.15) is 0 Å². The van der Waals surface area contributed by atoms with Crippen molar-refractivity contribution in [1.29, 1.82) is 0 Å². The lowest BCUT2D eigenvalue weighted by Gasteiger charge is -2.33. The predicted molar refractivity (Wildman–Crippen MR) is 54.2 cm³/mol. The zero-order valence-electron chi connectivity index (χ0n) is 9.63. The third kappa shape index (κ3) is 3.56. The maximum atomic E-state index is 11.4. The molecule has 0 aromatic heterocycles. The molecule has 1 rings (SSSR count). The van der Waals surface area contributed by atoms with E-state index in [0.29, 0.717) is 17.8 Å². The molecule has 0 heterocycles. The van der Waals surface area contributed by atoms with Gasteiger partial charge in [-0.25, -0.2) is 4.79 Å². The number of carbonyl (C=O) groups is 1. The van der Waals surface area contributed by atoms with Crippen LogP contribution in [0.25, 0.3) is 0 Å². The summed E-state index contributed by atoms with van der Waals surface area (Å²) in [7, 11) is 0. The minimum Gasteiger partial charge on any atom is -1.00 e. The number of halogens is 1. The summed E-state index contributed by atoms with van der Waals surface area (Å²) in [5.41, 5.74) is 0. The Kier molecular flexibility index (Phi) is 6.03. The predicted octanol–water partition coefficient (Wildman–Crippen LogP) is -1.93. The number of hydrogen-bond donors (Lipinski definition) is 1. The third-order valence-electron chi connectivity index (χ3n) is 3.46. The third-order valence-corrected chi connectivity index (χ3v) is 3.46. The number of amides is 1. The fourth-order valence-electron chi connectivity index (χ4n) is 2.58. The lowest BCUT2D eigenvalue weighted by atomic mass is 9.70. The van der Waals surface area contributed by atoms with Crippen LogP contribution >= 0.6 is 0 Å². The summed E-state index contributed by atoms with van der Waals surface area (Å²) < 4.78 is 0. The summed E-state index contributed by atoms with van der Waals surface area (Å²) in [5.74, 6) is 1.09. The van der Waals surface area contributed by atoms with E-state index in [-0.39, 0.29) is 24.2 Å². The molecule has 3 atom stereocenters. The summed E-state index contributed by atoms with van der Waals surface area (Å²) in [6, 6.07) is 0. The van der Waals surface area contributed by atoms with E-state index >= 15 is 0 Å². The second kappa shape index (κ2) is 6.21. The van der Waals surface area contributed by atoms with Crippen LogP contribution in [0.4, 0.5) is 0 Å². The van der Waals surface area contributed by atoms with Gasteiger partial charge in [0, 0.05) is 4.91 Å². The Labute approximate surface area is 97.4 Å². The van der Waals surface area contributed by atoms with Gasteiger partial charge >= 0.3 is 5.91 Å². The molecule has 15 heavy (non-hydrogen) atoms. The first kappa shape index (κ1) is 14.6. The molecule has 1 N–H and O–H groups in total. The fraction of sp³-hybridized carbons (Fsp3) is 0.909. The molecule has 0 radical (unpaired) electrons. The van der Waals surface area contributed by atoms with Crippen molar-refractivity contribution in [2.45, 2.75) is 40.0 Å². The molecule has 1 amide bonds. The van der Waals surface area contributed by atoms with Crippen molar-refractivity contribution >= 4 is 5.91 Å². The first-order chi connectivity index (χ1) is 6.56. The van der Waals surface area contributed by atoms with Crippen LogP contribution in [0.3, 0.4) is 0 Å². The van der Waals surface area contributed by atoms with Crippen LogP contribution in [0.2, 0.25) is 0 Å². The Hall–Kier alpha value is -0.440. The van der Waals surface area contributed by atoms with E-state index < -0.39 is 0 Å². The molecular formula is C11H20ClNO2. The Bertz CT molecular complexity index is 231. The van der Waals surface area contributed by atoms with Gasteiger partial charge in [0.25, 0.3) is 0 Å². The van der Waals surface area contributed by atoms with Crippen molar-refractivity contribution in [1.82, 2.24) is 0 Å². The van der Waals surface area contributed by atoms with E-state index in [4.69, 9.17) is 0 Å². The zero-order chi connectivity index (χ0) is 10.7. The van der Waals surface area contributed by atoms with Crippen molar-refractivity contribution in [3.8, 4) is 0 Å².